The van der Waals surface area contributed by atoms with E-state index in [0.29, 0.717) is 0 Å². The number of hydrogen-bond acceptors (Lipinski definition) is 0. The van der Waals surface area contributed by atoms with Crippen LogP contribution in [0.1, 0.15) is 24.3 Å². The van der Waals surface area contributed by atoms with E-state index < -0.39 is 0 Å². The van der Waals surface area contributed by atoms with Crippen molar-refractivity contribution in [3.8, 4) is 0 Å². The fraction of sp³-hybridized carbons (Fsp3) is 0.333. The van der Waals surface area contributed by atoms with Crippen LogP contribution < -0.4 is 0 Å². The van der Waals surface area contributed by atoms with Crippen LogP contribution in [-0.4, -0.2) is 0 Å². The molecule has 0 N–H and O–H groups in total. The number of rotatable bonds is 3. The Morgan fingerprint density at radius 3 is 2.75 bits per heavy atom. The van der Waals surface area contributed by atoms with Gasteiger partial charge in [0.05, 0.1) is 0 Å². The Morgan fingerprint density at radius 1 is 1.33 bits per heavy atom. The van der Waals surface area contributed by atoms with E-state index in [4.69, 9.17) is 6.58 Å². The maximum Gasteiger partial charge on any atom is -0.0127 e. The van der Waals surface area contributed by atoms with Crippen LogP contribution in [0.15, 0.2) is 36.4 Å². The van der Waals surface area contributed by atoms with Gasteiger partial charge < -0.3 is 0 Å². The van der Waals surface area contributed by atoms with E-state index in [-0.39, 0.29) is 0 Å². The molecule has 1 aliphatic carbocycles. The molecule has 0 aliphatic heterocycles. The van der Waals surface area contributed by atoms with Gasteiger partial charge in [-0.15, -0.1) is 0 Å². The molecule has 1 aliphatic rings. The molecule has 12 heavy (non-hydrogen) atoms. The highest BCUT2D eigenvalue weighted by Crippen LogP contribution is 2.49. The van der Waals surface area contributed by atoms with Crippen molar-refractivity contribution in [1.82, 2.24) is 0 Å². The van der Waals surface area contributed by atoms with Crippen molar-refractivity contribution in [2.24, 2.45) is 5.92 Å². The molecule has 0 amide bonds. The van der Waals surface area contributed by atoms with Crippen LogP contribution in [0.3, 0.4) is 0 Å². The average molecular weight is 157 g/mol. The summed E-state index contributed by atoms with van der Waals surface area (Å²) < 4.78 is 0. The highest BCUT2D eigenvalue weighted by Gasteiger charge is 2.36. The molecular weight excluding hydrogens is 144 g/mol. The van der Waals surface area contributed by atoms with Crippen LogP contribution in [0, 0.1) is 12.5 Å². The van der Waals surface area contributed by atoms with E-state index in [9.17, 15) is 0 Å². The Morgan fingerprint density at radius 2 is 2.08 bits per heavy atom. The summed E-state index contributed by atoms with van der Waals surface area (Å²) in [5, 5.41) is 0. The van der Waals surface area contributed by atoms with Gasteiger partial charge in [0.15, 0.2) is 0 Å². The van der Waals surface area contributed by atoms with Gasteiger partial charge in [0.1, 0.15) is 0 Å². The molecule has 1 aromatic rings. The zero-order valence-corrected chi connectivity index (χ0v) is 7.11. The molecule has 0 aromatic heterocycles. The number of hydrogen-bond donors (Lipinski definition) is 0. The second-order valence-electron chi connectivity index (χ2n) is 3.48. The lowest BCUT2D eigenvalue weighted by Crippen LogP contribution is -1.80. The molecule has 1 fully saturated rings. The molecule has 2 atom stereocenters. The van der Waals surface area contributed by atoms with Gasteiger partial charge in [-0.1, -0.05) is 43.0 Å². The van der Waals surface area contributed by atoms with E-state index in [1.54, 1.807) is 6.08 Å². The molecule has 2 unspecified atom stereocenters. The average Bonchev–Trinajstić information content (AvgIpc) is 2.87. The van der Waals surface area contributed by atoms with E-state index >= 15 is 0 Å². The third-order valence-electron chi connectivity index (χ3n) is 2.59. The maximum atomic E-state index is 5.38. The SMILES string of the molecule is [CH]=CCC1CC1c1ccccc1. The second-order valence-corrected chi connectivity index (χ2v) is 3.48. The van der Waals surface area contributed by atoms with E-state index in [0.717, 1.165) is 18.3 Å². The van der Waals surface area contributed by atoms with Crippen LogP contribution in [0.2, 0.25) is 0 Å². The normalized spacial score (nSPS) is 26.7. The summed E-state index contributed by atoms with van der Waals surface area (Å²) in [5.41, 5.74) is 1.48. The molecule has 1 radical (unpaired) electrons. The molecule has 61 valence electrons. The largest absolute Gasteiger partial charge is 0.0842 e. The topological polar surface area (TPSA) is 0 Å². The Balaban J connectivity index is 2.01. The van der Waals surface area contributed by atoms with E-state index in [1.807, 2.05) is 0 Å². The quantitative estimate of drug-likeness (QED) is 0.632. The second kappa shape index (κ2) is 3.14. The standard InChI is InChI=1S/C12H13/c1-2-6-11-9-12(11)10-7-4-3-5-8-10/h1-5,7-8,11-12H,6,9H2. The summed E-state index contributed by atoms with van der Waals surface area (Å²) >= 11 is 0. The maximum absolute atomic E-state index is 5.38. The molecule has 0 heteroatoms. The zero-order valence-electron chi connectivity index (χ0n) is 7.11. The summed E-state index contributed by atoms with van der Waals surface area (Å²) in [6, 6.07) is 10.7. The minimum Gasteiger partial charge on any atom is -0.0842 e. The van der Waals surface area contributed by atoms with Gasteiger partial charge >= 0.3 is 0 Å². The highest BCUT2D eigenvalue weighted by molar-refractivity contribution is 5.25. The van der Waals surface area contributed by atoms with Crippen molar-refractivity contribution in [3.63, 3.8) is 0 Å². The Labute approximate surface area is 73.9 Å². The summed E-state index contributed by atoms with van der Waals surface area (Å²) in [4.78, 5) is 0. The summed E-state index contributed by atoms with van der Waals surface area (Å²) in [5.74, 6) is 1.60. The first-order valence-corrected chi connectivity index (χ1v) is 4.50. The fourth-order valence-electron chi connectivity index (χ4n) is 1.79. The Bertz CT molecular complexity index is 261. The summed E-state index contributed by atoms with van der Waals surface area (Å²) in [6.07, 6.45) is 4.17. The van der Waals surface area contributed by atoms with Gasteiger partial charge in [0, 0.05) is 0 Å². The summed E-state index contributed by atoms with van der Waals surface area (Å²) in [7, 11) is 0. The third kappa shape index (κ3) is 1.42. The van der Waals surface area contributed by atoms with Crippen LogP contribution >= 0.6 is 0 Å². The van der Waals surface area contributed by atoms with Crippen molar-refractivity contribution in [2.75, 3.05) is 0 Å². The number of allylic oxidation sites excluding steroid dienone is 1. The Hall–Kier alpha value is -1.04. The predicted octanol–water partition coefficient (Wildman–Crippen LogP) is 3.17. The van der Waals surface area contributed by atoms with Crippen LogP contribution in [-0.2, 0) is 0 Å². The van der Waals surface area contributed by atoms with Crippen molar-refractivity contribution in [2.45, 2.75) is 18.8 Å². The van der Waals surface area contributed by atoms with Crippen LogP contribution in [0.25, 0.3) is 0 Å². The molecule has 2 rings (SSSR count). The lowest BCUT2D eigenvalue weighted by Gasteiger charge is -1.96. The molecule has 1 aromatic carbocycles. The molecule has 0 spiro atoms. The van der Waals surface area contributed by atoms with Gasteiger partial charge in [0.2, 0.25) is 0 Å². The van der Waals surface area contributed by atoms with Gasteiger partial charge in [-0.3, -0.25) is 0 Å². The van der Waals surface area contributed by atoms with Crippen molar-refractivity contribution >= 4 is 0 Å². The lowest BCUT2D eigenvalue weighted by atomic mass is 10.1. The minimum absolute atomic E-state index is 0.783. The summed E-state index contributed by atoms with van der Waals surface area (Å²) in [6.45, 7) is 5.38. The molecule has 0 heterocycles. The lowest BCUT2D eigenvalue weighted by molar-refractivity contribution is 0.820. The van der Waals surface area contributed by atoms with Gasteiger partial charge in [-0.2, -0.15) is 0 Å². The highest BCUT2D eigenvalue weighted by atomic mass is 14.4. The van der Waals surface area contributed by atoms with E-state index in [1.165, 1.54) is 12.0 Å². The fourth-order valence-corrected chi connectivity index (χ4v) is 1.79. The predicted molar refractivity (Wildman–Crippen MR) is 50.8 cm³/mol. The first-order chi connectivity index (χ1) is 5.92. The minimum atomic E-state index is 0.783. The molecular formula is C12H13. The van der Waals surface area contributed by atoms with Crippen molar-refractivity contribution in [3.05, 3.63) is 48.6 Å². The van der Waals surface area contributed by atoms with E-state index in [2.05, 4.69) is 30.3 Å². The first kappa shape index (κ1) is 7.60. The zero-order chi connectivity index (χ0) is 8.39. The van der Waals surface area contributed by atoms with Crippen LogP contribution in [0.5, 0.6) is 0 Å². The smallest absolute Gasteiger partial charge is 0.0127 e. The monoisotopic (exact) mass is 157 g/mol. The molecule has 1 saturated carbocycles. The Kier molecular flexibility index (Phi) is 1.99. The van der Waals surface area contributed by atoms with Gasteiger partial charge in [0.25, 0.3) is 0 Å². The van der Waals surface area contributed by atoms with Gasteiger partial charge in [-0.05, 0) is 30.2 Å². The van der Waals surface area contributed by atoms with Crippen molar-refractivity contribution < 1.29 is 0 Å². The molecule has 0 nitrogen and oxygen atoms in total. The van der Waals surface area contributed by atoms with Gasteiger partial charge in [-0.25, -0.2) is 0 Å². The number of benzene rings is 1. The third-order valence-corrected chi connectivity index (χ3v) is 2.59. The molecule has 0 bridgehead atoms. The van der Waals surface area contributed by atoms with Crippen LogP contribution in [0.4, 0.5) is 0 Å². The molecule has 0 saturated heterocycles. The first-order valence-electron chi connectivity index (χ1n) is 4.50. The van der Waals surface area contributed by atoms with Crippen molar-refractivity contribution in [1.29, 1.82) is 0 Å².